The van der Waals surface area contributed by atoms with Gasteiger partial charge in [-0.2, -0.15) is 5.10 Å². The predicted octanol–water partition coefficient (Wildman–Crippen LogP) is 1.87. The Bertz CT molecular complexity index is 973. The van der Waals surface area contributed by atoms with Crippen LogP contribution in [-0.2, 0) is 9.31 Å². The highest BCUT2D eigenvalue weighted by molar-refractivity contribution is 6.62. The van der Waals surface area contributed by atoms with Gasteiger partial charge in [-0.1, -0.05) is 6.04 Å². The molecule has 3 heterocycles. The molecule has 0 spiro atoms. The lowest BCUT2D eigenvalue weighted by Gasteiger charge is -2.32. The normalized spacial score (nSPS) is 26.0. The van der Waals surface area contributed by atoms with E-state index in [9.17, 15) is 0 Å². The fourth-order valence-electron chi connectivity index (χ4n) is 1.82. The van der Waals surface area contributed by atoms with E-state index in [1.807, 2.05) is 27.7 Å². The molecule has 1 fully saturated rings. The maximum absolute atomic E-state index is 8.34. The van der Waals surface area contributed by atoms with E-state index in [0.29, 0.717) is 4.68 Å². The Balaban J connectivity index is 2.13. The van der Waals surface area contributed by atoms with Gasteiger partial charge in [0.2, 0.25) is 0 Å². The van der Waals surface area contributed by atoms with Crippen LogP contribution in [0.1, 0.15) is 44.4 Å². The summed E-state index contributed by atoms with van der Waals surface area (Å²) in [6, 6.07) is -1.52. The highest BCUT2D eigenvalue weighted by Gasteiger charge is 2.51. The molecule has 2 aromatic heterocycles. The fourth-order valence-corrected chi connectivity index (χ4v) is 1.82. The molecule has 0 aliphatic carbocycles. The Morgan fingerprint density at radius 3 is 2.52 bits per heavy atom. The second-order valence-corrected chi connectivity index (χ2v) is 5.80. The predicted molar refractivity (Wildman–Crippen MR) is 81.8 cm³/mol. The van der Waals surface area contributed by atoms with Crippen LogP contribution in [0, 0.1) is 6.85 Å². The lowest BCUT2D eigenvalue weighted by Crippen LogP contribution is -2.41. The van der Waals surface area contributed by atoms with Gasteiger partial charge in [-0.3, -0.25) is 0 Å². The van der Waals surface area contributed by atoms with Gasteiger partial charge in [-0.15, -0.1) is 0 Å². The monoisotopic (exact) mass is 293 g/mol. The maximum Gasteiger partial charge on any atom is 0.496 e. The fraction of sp³-hybridized carbons (Fsp3) is 0.467. The summed E-state index contributed by atoms with van der Waals surface area (Å²) in [7, 11) is -1.08. The van der Waals surface area contributed by atoms with Crippen LogP contribution in [0.4, 0.5) is 0 Å². The number of rotatable bonds is 2. The molecular formula is C15H20BN3O2. The van der Waals surface area contributed by atoms with Crippen molar-refractivity contribution in [3.8, 4) is 5.82 Å². The van der Waals surface area contributed by atoms with Crippen molar-refractivity contribution in [2.75, 3.05) is 0 Å². The molecule has 0 aromatic carbocycles. The standard InChI is InChI=1S/C15H20BN3O2/c1-11-8-9-19(18-11)13-7-6-12(10-17-13)16-20-14(2,3)15(4,5)21-16/h6-10H,1-5H3/i1D3,6D,7D,8D,9D,10D. The summed E-state index contributed by atoms with van der Waals surface area (Å²) < 4.78 is 75.3. The van der Waals surface area contributed by atoms with E-state index in [4.69, 9.17) is 20.3 Å². The van der Waals surface area contributed by atoms with Crippen molar-refractivity contribution in [3.63, 3.8) is 0 Å². The Morgan fingerprint density at radius 2 is 1.90 bits per heavy atom. The van der Waals surface area contributed by atoms with Crippen LogP contribution in [-0.4, -0.2) is 33.1 Å². The highest BCUT2D eigenvalue weighted by atomic mass is 16.7. The Hall–Kier alpha value is -1.66. The summed E-state index contributed by atoms with van der Waals surface area (Å²) in [4.78, 5) is 3.95. The molecule has 5 nitrogen and oxygen atoms in total. The molecule has 1 aliphatic heterocycles. The molecule has 3 rings (SSSR count). The minimum Gasteiger partial charge on any atom is -0.399 e. The van der Waals surface area contributed by atoms with Gasteiger partial charge in [-0.05, 0) is 46.6 Å². The molecule has 0 atom stereocenters. The van der Waals surface area contributed by atoms with Gasteiger partial charge < -0.3 is 9.31 Å². The van der Waals surface area contributed by atoms with Crippen LogP contribution in [0.25, 0.3) is 5.82 Å². The molecule has 2 aromatic rings. The summed E-state index contributed by atoms with van der Waals surface area (Å²) >= 11 is 0. The quantitative estimate of drug-likeness (QED) is 0.793. The van der Waals surface area contributed by atoms with Gasteiger partial charge in [0, 0.05) is 21.9 Å². The number of nitrogens with zero attached hydrogens (tertiary/aromatic N) is 3. The lowest BCUT2D eigenvalue weighted by molar-refractivity contribution is 0.00578. The van der Waals surface area contributed by atoms with Crippen LogP contribution in [0.3, 0.4) is 0 Å². The molecule has 0 N–H and O–H groups in total. The molecule has 6 heteroatoms. The average molecular weight is 293 g/mol. The van der Waals surface area contributed by atoms with Crippen molar-refractivity contribution in [1.29, 1.82) is 0 Å². The summed E-state index contributed by atoms with van der Waals surface area (Å²) in [6.45, 7) is 4.52. The smallest absolute Gasteiger partial charge is 0.399 e. The summed E-state index contributed by atoms with van der Waals surface area (Å²) in [5.41, 5.74) is -2.10. The Morgan fingerprint density at radius 1 is 1.19 bits per heavy atom. The van der Waals surface area contributed by atoms with Gasteiger partial charge in [-0.25, -0.2) is 9.67 Å². The van der Waals surface area contributed by atoms with Crippen LogP contribution >= 0.6 is 0 Å². The lowest BCUT2D eigenvalue weighted by atomic mass is 9.80. The summed E-state index contributed by atoms with van der Waals surface area (Å²) in [5.74, 6) is -0.380. The first-order valence-corrected chi connectivity index (χ1v) is 6.49. The molecule has 1 saturated heterocycles. The van der Waals surface area contributed by atoms with E-state index in [0.717, 1.165) is 0 Å². The van der Waals surface area contributed by atoms with Crippen LogP contribution in [0.2, 0.25) is 0 Å². The molecule has 110 valence electrons. The first kappa shape index (κ1) is 7.56. The largest absolute Gasteiger partial charge is 0.496 e. The van der Waals surface area contributed by atoms with Crippen molar-refractivity contribution >= 4 is 12.6 Å². The molecule has 0 saturated carbocycles. The van der Waals surface area contributed by atoms with Crippen molar-refractivity contribution in [1.82, 2.24) is 14.8 Å². The molecular weight excluding hydrogens is 265 g/mol. The molecule has 0 bridgehead atoms. The van der Waals surface area contributed by atoms with E-state index in [2.05, 4.69) is 10.1 Å². The average Bonchev–Trinajstić information content (AvgIpc) is 2.96. The summed E-state index contributed by atoms with van der Waals surface area (Å²) in [6.07, 6.45) is -1.02. The zero-order valence-corrected chi connectivity index (χ0v) is 12.2. The summed E-state index contributed by atoms with van der Waals surface area (Å²) in [5, 5.41) is 3.73. The van der Waals surface area contributed by atoms with E-state index in [-0.39, 0.29) is 11.3 Å². The molecule has 0 unspecified atom stereocenters. The Kier molecular flexibility index (Phi) is 1.68. The van der Waals surface area contributed by atoms with E-state index < -0.39 is 61.3 Å². The second kappa shape index (κ2) is 4.68. The third-order valence-electron chi connectivity index (χ3n) is 3.76. The van der Waals surface area contributed by atoms with Crippen molar-refractivity contribution in [3.05, 3.63) is 36.2 Å². The zero-order valence-electron chi connectivity index (χ0n) is 20.2. The number of hydrogen-bond acceptors (Lipinski definition) is 4. The third-order valence-corrected chi connectivity index (χ3v) is 3.76. The molecule has 0 amide bonds. The first-order valence-electron chi connectivity index (χ1n) is 10.5. The van der Waals surface area contributed by atoms with Crippen LogP contribution in [0.15, 0.2) is 30.5 Å². The van der Waals surface area contributed by atoms with Crippen LogP contribution in [0.5, 0.6) is 0 Å². The van der Waals surface area contributed by atoms with Crippen LogP contribution < -0.4 is 5.46 Å². The van der Waals surface area contributed by atoms with Gasteiger partial charge in [0.25, 0.3) is 0 Å². The number of aromatic nitrogens is 3. The molecule has 1 aliphatic rings. The van der Waals surface area contributed by atoms with E-state index in [1.54, 1.807) is 0 Å². The van der Waals surface area contributed by atoms with Gasteiger partial charge in [0.1, 0.15) is 0 Å². The van der Waals surface area contributed by atoms with Crippen molar-refractivity contribution < 1.29 is 20.3 Å². The number of aryl methyl sites for hydroxylation is 1. The zero-order chi connectivity index (χ0) is 22.1. The minimum atomic E-state index is -2.73. The number of hydrogen-bond donors (Lipinski definition) is 0. The van der Waals surface area contributed by atoms with Crippen molar-refractivity contribution in [2.45, 2.75) is 45.7 Å². The topological polar surface area (TPSA) is 49.2 Å². The SMILES string of the molecule is [2H]c1nc(-n2nc(C([2H])([2H])[2H])c([2H])c2[2H])c([2H])c([2H])c1B1OC(C)(C)C(C)(C)O1. The first-order chi connectivity index (χ1) is 13.1. The van der Waals surface area contributed by atoms with Gasteiger partial charge in [0.05, 0.1) is 23.7 Å². The van der Waals surface area contributed by atoms with E-state index in [1.165, 1.54) is 0 Å². The van der Waals surface area contributed by atoms with Crippen molar-refractivity contribution in [2.24, 2.45) is 0 Å². The minimum absolute atomic E-state index is 0.0433. The number of pyridine rings is 1. The highest BCUT2D eigenvalue weighted by Crippen LogP contribution is 2.36. The maximum atomic E-state index is 8.34. The second-order valence-electron chi connectivity index (χ2n) is 5.80. The third kappa shape index (κ3) is 2.49. The van der Waals surface area contributed by atoms with Gasteiger partial charge in [0.15, 0.2) is 5.82 Å². The Labute approximate surface area is 136 Å². The molecule has 0 radical (unpaired) electrons. The van der Waals surface area contributed by atoms with Gasteiger partial charge >= 0.3 is 7.12 Å². The van der Waals surface area contributed by atoms with E-state index >= 15 is 0 Å². The molecule has 21 heavy (non-hydrogen) atoms.